The Kier molecular flexibility index (Phi) is 5.58. The van der Waals surface area contributed by atoms with Gasteiger partial charge in [0.2, 0.25) is 11.8 Å². The Morgan fingerprint density at radius 3 is 2.74 bits per heavy atom. The maximum absolute atomic E-state index is 11.6. The lowest BCUT2D eigenvalue weighted by Gasteiger charge is -2.09. The summed E-state index contributed by atoms with van der Waals surface area (Å²) < 4.78 is 0. The van der Waals surface area contributed by atoms with Crippen molar-refractivity contribution < 1.29 is 14.7 Å². The summed E-state index contributed by atoms with van der Waals surface area (Å²) in [6, 6.07) is 5.36. The number of carbonyl (C=O) groups excluding carboxylic acids is 2. The first-order chi connectivity index (χ1) is 9.02. The van der Waals surface area contributed by atoms with Crippen LogP contribution in [0.4, 0.5) is 5.69 Å². The Hall–Kier alpha value is -2.32. The standard InChI is InChI=1S/C14H16N2O3/c1-10-5-6-12(4-3-7-17)8-13(10)16-14(19)9-15-11(2)18/h5-6,8,17H,7,9H2,1-2H3,(H,15,18)(H,16,19). The van der Waals surface area contributed by atoms with Crippen LogP contribution in [0.5, 0.6) is 0 Å². The van der Waals surface area contributed by atoms with E-state index < -0.39 is 0 Å². The van der Waals surface area contributed by atoms with Crippen molar-refractivity contribution in [3.63, 3.8) is 0 Å². The first kappa shape index (κ1) is 14.7. The molecule has 0 aliphatic carbocycles. The first-order valence-electron chi connectivity index (χ1n) is 5.77. The van der Waals surface area contributed by atoms with E-state index in [1.807, 2.05) is 19.1 Å². The van der Waals surface area contributed by atoms with E-state index in [1.54, 1.807) is 6.07 Å². The van der Waals surface area contributed by atoms with Crippen molar-refractivity contribution in [1.29, 1.82) is 0 Å². The van der Waals surface area contributed by atoms with Gasteiger partial charge in [0, 0.05) is 18.2 Å². The van der Waals surface area contributed by atoms with Crippen LogP contribution in [0, 0.1) is 18.8 Å². The molecule has 0 spiro atoms. The fourth-order valence-electron chi connectivity index (χ4n) is 1.38. The molecule has 0 aromatic heterocycles. The van der Waals surface area contributed by atoms with Gasteiger partial charge < -0.3 is 15.7 Å². The molecule has 0 fully saturated rings. The summed E-state index contributed by atoms with van der Waals surface area (Å²) in [5.41, 5.74) is 2.24. The molecule has 1 rings (SSSR count). The van der Waals surface area contributed by atoms with E-state index >= 15 is 0 Å². The lowest BCUT2D eigenvalue weighted by atomic mass is 10.1. The van der Waals surface area contributed by atoms with Gasteiger partial charge in [-0.2, -0.15) is 0 Å². The molecule has 0 atom stereocenters. The minimum atomic E-state index is -0.300. The Labute approximate surface area is 112 Å². The second-order valence-corrected chi connectivity index (χ2v) is 3.95. The van der Waals surface area contributed by atoms with E-state index in [-0.39, 0.29) is 25.0 Å². The van der Waals surface area contributed by atoms with Crippen molar-refractivity contribution in [2.24, 2.45) is 0 Å². The normalized spacial score (nSPS) is 9.21. The van der Waals surface area contributed by atoms with E-state index in [9.17, 15) is 9.59 Å². The van der Waals surface area contributed by atoms with Crippen molar-refractivity contribution in [2.45, 2.75) is 13.8 Å². The highest BCUT2D eigenvalue weighted by molar-refractivity contribution is 5.95. The molecule has 1 aromatic carbocycles. The van der Waals surface area contributed by atoms with Gasteiger partial charge in [0.05, 0.1) is 6.54 Å². The molecule has 0 aliphatic heterocycles. The summed E-state index contributed by atoms with van der Waals surface area (Å²) in [7, 11) is 0. The predicted molar refractivity (Wildman–Crippen MR) is 72.5 cm³/mol. The van der Waals surface area contributed by atoms with Crippen molar-refractivity contribution in [1.82, 2.24) is 5.32 Å². The third-order valence-corrected chi connectivity index (χ3v) is 2.32. The fourth-order valence-corrected chi connectivity index (χ4v) is 1.38. The third-order valence-electron chi connectivity index (χ3n) is 2.32. The molecule has 0 unspecified atom stereocenters. The van der Waals surface area contributed by atoms with Gasteiger partial charge in [-0.3, -0.25) is 9.59 Å². The topological polar surface area (TPSA) is 78.4 Å². The average molecular weight is 260 g/mol. The number of hydrogen-bond donors (Lipinski definition) is 3. The van der Waals surface area contributed by atoms with Crippen molar-refractivity contribution in [3.8, 4) is 11.8 Å². The van der Waals surface area contributed by atoms with Crippen molar-refractivity contribution >= 4 is 17.5 Å². The zero-order valence-electron chi connectivity index (χ0n) is 10.9. The van der Waals surface area contributed by atoms with Crippen LogP contribution in [0.2, 0.25) is 0 Å². The second kappa shape index (κ2) is 7.19. The molecular weight excluding hydrogens is 244 g/mol. The van der Waals surface area contributed by atoms with Crippen LogP contribution in [0.15, 0.2) is 18.2 Å². The largest absolute Gasteiger partial charge is 0.384 e. The Balaban J connectivity index is 2.76. The van der Waals surface area contributed by atoms with Crippen LogP contribution < -0.4 is 10.6 Å². The average Bonchev–Trinajstić information content (AvgIpc) is 2.37. The van der Waals surface area contributed by atoms with Gasteiger partial charge in [0.1, 0.15) is 6.61 Å². The summed E-state index contributed by atoms with van der Waals surface area (Å²) >= 11 is 0. The lowest BCUT2D eigenvalue weighted by Crippen LogP contribution is -2.31. The van der Waals surface area contributed by atoms with Crippen LogP contribution in [0.3, 0.4) is 0 Å². The van der Waals surface area contributed by atoms with Crippen LogP contribution in [-0.4, -0.2) is 30.1 Å². The summed E-state index contributed by atoms with van der Waals surface area (Å²) in [4.78, 5) is 22.3. The SMILES string of the molecule is CC(=O)NCC(=O)Nc1cc(C#CCO)ccc1C. The number of amides is 2. The van der Waals surface area contributed by atoms with E-state index in [4.69, 9.17) is 5.11 Å². The smallest absolute Gasteiger partial charge is 0.243 e. The van der Waals surface area contributed by atoms with E-state index in [1.165, 1.54) is 6.92 Å². The molecule has 5 nitrogen and oxygen atoms in total. The third kappa shape index (κ3) is 5.23. The molecule has 0 heterocycles. The van der Waals surface area contributed by atoms with Crippen molar-refractivity contribution in [2.75, 3.05) is 18.5 Å². The summed E-state index contributed by atoms with van der Waals surface area (Å²) in [6.45, 7) is 2.93. The minimum absolute atomic E-state index is 0.0681. The molecule has 0 bridgehead atoms. The van der Waals surface area contributed by atoms with E-state index in [2.05, 4.69) is 22.5 Å². The van der Waals surface area contributed by atoms with Gasteiger partial charge in [-0.15, -0.1) is 0 Å². The molecule has 0 aliphatic rings. The highest BCUT2D eigenvalue weighted by atomic mass is 16.2. The number of hydrogen-bond acceptors (Lipinski definition) is 3. The lowest BCUT2D eigenvalue weighted by molar-refractivity contribution is -0.122. The number of benzene rings is 1. The highest BCUT2D eigenvalue weighted by Gasteiger charge is 2.05. The van der Waals surface area contributed by atoms with Crippen molar-refractivity contribution in [3.05, 3.63) is 29.3 Å². The van der Waals surface area contributed by atoms with E-state index in [0.29, 0.717) is 11.3 Å². The van der Waals surface area contributed by atoms with Gasteiger partial charge in [0.25, 0.3) is 0 Å². The number of rotatable bonds is 3. The number of carbonyl (C=O) groups is 2. The molecule has 5 heteroatoms. The van der Waals surface area contributed by atoms with Crippen LogP contribution in [-0.2, 0) is 9.59 Å². The number of aliphatic hydroxyl groups is 1. The maximum atomic E-state index is 11.6. The molecule has 0 radical (unpaired) electrons. The fraction of sp³-hybridized carbons (Fsp3) is 0.286. The van der Waals surface area contributed by atoms with Gasteiger partial charge in [-0.1, -0.05) is 17.9 Å². The molecule has 1 aromatic rings. The zero-order valence-corrected chi connectivity index (χ0v) is 10.9. The van der Waals surface area contributed by atoms with Gasteiger partial charge >= 0.3 is 0 Å². The van der Waals surface area contributed by atoms with Crippen LogP contribution in [0.25, 0.3) is 0 Å². The van der Waals surface area contributed by atoms with Gasteiger partial charge in [-0.25, -0.2) is 0 Å². The first-order valence-corrected chi connectivity index (χ1v) is 5.77. The molecule has 0 saturated heterocycles. The molecular formula is C14H16N2O3. The number of anilines is 1. The van der Waals surface area contributed by atoms with E-state index in [0.717, 1.165) is 5.56 Å². The number of nitrogens with one attached hydrogen (secondary N) is 2. The van der Waals surface area contributed by atoms with Crippen LogP contribution >= 0.6 is 0 Å². The monoisotopic (exact) mass is 260 g/mol. The molecule has 2 amide bonds. The Morgan fingerprint density at radius 2 is 2.11 bits per heavy atom. The molecule has 0 saturated carbocycles. The quantitative estimate of drug-likeness (QED) is 0.689. The molecule has 19 heavy (non-hydrogen) atoms. The maximum Gasteiger partial charge on any atom is 0.243 e. The predicted octanol–water partition coefficient (Wildman–Crippen LogP) is 0.413. The number of aliphatic hydroxyl groups excluding tert-OH is 1. The number of aryl methyl sites for hydroxylation is 1. The van der Waals surface area contributed by atoms with Gasteiger partial charge in [0.15, 0.2) is 0 Å². The summed E-state index contributed by atoms with van der Waals surface area (Å²) in [5.74, 6) is 4.75. The zero-order chi connectivity index (χ0) is 14.3. The Morgan fingerprint density at radius 1 is 1.37 bits per heavy atom. The Bertz CT molecular complexity index is 541. The summed E-state index contributed by atoms with van der Waals surface area (Å²) in [5, 5.41) is 13.8. The molecule has 100 valence electrons. The van der Waals surface area contributed by atoms with Crippen LogP contribution in [0.1, 0.15) is 18.1 Å². The second-order valence-electron chi connectivity index (χ2n) is 3.95. The highest BCUT2D eigenvalue weighted by Crippen LogP contribution is 2.16. The summed E-state index contributed by atoms with van der Waals surface area (Å²) in [6.07, 6.45) is 0. The minimum Gasteiger partial charge on any atom is -0.384 e. The van der Waals surface area contributed by atoms with Gasteiger partial charge in [-0.05, 0) is 24.6 Å². The molecule has 3 N–H and O–H groups in total.